The first-order chi connectivity index (χ1) is 9.62. The molecule has 0 aliphatic heterocycles. The number of nitrogens with one attached hydrogen (secondary N) is 2. The highest BCUT2D eigenvalue weighted by molar-refractivity contribution is 9.10. The molecular formula is C15H17BrN2O2. The number of fused-ring (bicyclic) bond motifs is 1. The summed E-state index contributed by atoms with van der Waals surface area (Å²) in [7, 11) is 0. The van der Waals surface area contributed by atoms with Crippen molar-refractivity contribution in [1.82, 2.24) is 10.3 Å². The molecule has 1 aromatic carbocycles. The first kappa shape index (κ1) is 13.6. The Morgan fingerprint density at radius 1 is 1.35 bits per heavy atom. The molecule has 1 aromatic heterocycles. The lowest BCUT2D eigenvalue weighted by Crippen LogP contribution is -2.49. The summed E-state index contributed by atoms with van der Waals surface area (Å²) in [4.78, 5) is 15.5. The molecule has 0 spiro atoms. The van der Waals surface area contributed by atoms with Crippen molar-refractivity contribution in [2.45, 2.75) is 31.2 Å². The summed E-state index contributed by atoms with van der Waals surface area (Å²) in [5.74, 6) is -0.145. The number of aromatic amines is 1. The minimum absolute atomic E-state index is 0.00448. The number of carbonyl (C=O) groups excluding carboxylic acids is 1. The van der Waals surface area contributed by atoms with Crippen LogP contribution in [0.3, 0.4) is 0 Å². The third-order valence-electron chi connectivity index (χ3n) is 4.07. The van der Waals surface area contributed by atoms with Gasteiger partial charge >= 0.3 is 0 Å². The summed E-state index contributed by atoms with van der Waals surface area (Å²) in [5, 5.41) is 13.6. The molecule has 1 fully saturated rings. The fraction of sp³-hybridized carbons (Fsp3) is 0.400. The molecule has 106 valence electrons. The van der Waals surface area contributed by atoms with Gasteiger partial charge in [0.25, 0.3) is 5.91 Å². The Labute approximate surface area is 125 Å². The van der Waals surface area contributed by atoms with Gasteiger partial charge in [-0.05, 0) is 31.0 Å². The highest BCUT2D eigenvalue weighted by Gasteiger charge is 2.35. The smallest absolute Gasteiger partial charge is 0.268 e. The van der Waals surface area contributed by atoms with Crippen molar-refractivity contribution >= 4 is 32.7 Å². The van der Waals surface area contributed by atoms with E-state index in [1.165, 1.54) is 0 Å². The normalized spacial score (nSPS) is 17.5. The maximum atomic E-state index is 12.4. The van der Waals surface area contributed by atoms with E-state index in [0.29, 0.717) is 5.69 Å². The predicted octanol–water partition coefficient (Wildman–Crippen LogP) is 2.97. The number of hydrogen-bond acceptors (Lipinski definition) is 2. The van der Waals surface area contributed by atoms with Crippen LogP contribution < -0.4 is 5.32 Å². The highest BCUT2D eigenvalue weighted by atomic mass is 79.9. The van der Waals surface area contributed by atoms with E-state index < -0.39 is 5.54 Å². The largest absolute Gasteiger partial charge is 0.394 e. The molecular weight excluding hydrogens is 320 g/mol. The topological polar surface area (TPSA) is 65.1 Å². The summed E-state index contributed by atoms with van der Waals surface area (Å²) in [5.41, 5.74) is 1.03. The van der Waals surface area contributed by atoms with Crippen LogP contribution in [0.15, 0.2) is 28.7 Å². The third-order valence-corrected chi connectivity index (χ3v) is 4.56. The van der Waals surface area contributed by atoms with Gasteiger partial charge in [0.2, 0.25) is 0 Å². The van der Waals surface area contributed by atoms with Crippen molar-refractivity contribution in [2.75, 3.05) is 6.61 Å². The Bertz CT molecular complexity index is 644. The molecule has 0 radical (unpaired) electrons. The van der Waals surface area contributed by atoms with Crippen molar-refractivity contribution in [3.8, 4) is 0 Å². The molecule has 5 heteroatoms. The van der Waals surface area contributed by atoms with Crippen LogP contribution in [0.4, 0.5) is 0 Å². The molecule has 1 saturated carbocycles. The number of carbonyl (C=O) groups is 1. The lowest BCUT2D eigenvalue weighted by molar-refractivity contribution is 0.0834. The minimum Gasteiger partial charge on any atom is -0.394 e. The lowest BCUT2D eigenvalue weighted by atomic mass is 9.99. The second kappa shape index (κ2) is 5.22. The third kappa shape index (κ3) is 2.47. The van der Waals surface area contributed by atoms with E-state index in [1.54, 1.807) is 0 Å². The van der Waals surface area contributed by atoms with E-state index >= 15 is 0 Å². The van der Waals surface area contributed by atoms with E-state index in [1.807, 2.05) is 24.3 Å². The Morgan fingerprint density at radius 2 is 2.10 bits per heavy atom. The van der Waals surface area contributed by atoms with Crippen molar-refractivity contribution in [3.63, 3.8) is 0 Å². The molecule has 2 aromatic rings. The molecule has 4 nitrogen and oxygen atoms in total. The van der Waals surface area contributed by atoms with Crippen LogP contribution in [-0.4, -0.2) is 28.1 Å². The molecule has 0 atom stereocenters. The van der Waals surface area contributed by atoms with E-state index in [4.69, 9.17) is 0 Å². The summed E-state index contributed by atoms with van der Waals surface area (Å²) in [6.07, 6.45) is 3.81. The van der Waals surface area contributed by atoms with Gasteiger partial charge in [-0.3, -0.25) is 4.79 Å². The summed E-state index contributed by atoms with van der Waals surface area (Å²) >= 11 is 3.42. The first-order valence-electron chi connectivity index (χ1n) is 6.84. The van der Waals surface area contributed by atoms with Gasteiger partial charge in [0, 0.05) is 15.4 Å². The van der Waals surface area contributed by atoms with Gasteiger partial charge in [-0.1, -0.05) is 34.8 Å². The minimum atomic E-state index is -0.436. The fourth-order valence-corrected chi connectivity index (χ4v) is 3.27. The number of aromatic nitrogens is 1. The van der Waals surface area contributed by atoms with E-state index in [2.05, 4.69) is 26.2 Å². The van der Waals surface area contributed by atoms with Crippen LogP contribution in [0.2, 0.25) is 0 Å². The number of H-pyrrole nitrogens is 1. The van der Waals surface area contributed by atoms with Crippen LogP contribution >= 0.6 is 15.9 Å². The van der Waals surface area contributed by atoms with Crippen LogP contribution in [-0.2, 0) is 0 Å². The average Bonchev–Trinajstić information content (AvgIpc) is 3.05. The maximum absolute atomic E-state index is 12.4. The number of rotatable bonds is 3. The summed E-state index contributed by atoms with van der Waals surface area (Å²) < 4.78 is 0.974. The lowest BCUT2D eigenvalue weighted by Gasteiger charge is -2.27. The molecule has 3 rings (SSSR count). The van der Waals surface area contributed by atoms with Gasteiger partial charge in [-0.25, -0.2) is 0 Å². The zero-order chi connectivity index (χ0) is 14.2. The number of aliphatic hydroxyl groups is 1. The first-order valence-corrected chi connectivity index (χ1v) is 7.63. The summed E-state index contributed by atoms with van der Waals surface area (Å²) in [6, 6.07) is 7.70. The SMILES string of the molecule is O=C(NC1(CO)CCCC1)c1cc2ccc(Br)cc2[nH]1. The summed E-state index contributed by atoms with van der Waals surface area (Å²) in [6.45, 7) is 0.00448. The monoisotopic (exact) mass is 336 g/mol. The number of halogens is 1. The van der Waals surface area contributed by atoms with E-state index in [0.717, 1.165) is 41.1 Å². The van der Waals surface area contributed by atoms with Gasteiger partial charge in [-0.2, -0.15) is 0 Å². The Hall–Kier alpha value is -1.33. The maximum Gasteiger partial charge on any atom is 0.268 e. The second-order valence-corrected chi connectivity index (χ2v) is 6.43. The molecule has 1 aliphatic carbocycles. The second-order valence-electron chi connectivity index (χ2n) is 5.51. The quantitative estimate of drug-likeness (QED) is 0.806. The molecule has 1 amide bonds. The van der Waals surface area contributed by atoms with Gasteiger partial charge in [0.05, 0.1) is 12.1 Å². The number of hydrogen-bond donors (Lipinski definition) is 3. The van der Waals surface area contributed by atoms with Crippen LogP contribution in [0, 0.1) is 0 Å². The molecule has 3 N–H and O–H groups in total. The van der Waals surface area contributed by atoms with Crippen LogP contribution in [0.1, 0.15) is 36.2 Å². The van der Waals surface area contributed by atoms with E-state index in [-0.39, 0.29) is 12.5 Å². The van der Waals surface area contributed by atoms with Crippen LogP contribution in [0.25, 0.3) is 10.9 Å². The highest BCUT2D eigenvalue weighted by Crippen LogP contribution is 2.29. The van der Waals surface area contributed by atoms with Crippen molar-refractivity contribution in [3.05, 3.63) is 34.4 Å². The zero-order valence-corrected chi connectivity index (χ0v) is 12.7. The van der Waals surface area contributed by atoms with E-state index in [9.17, 15) is 9.90 Å². The van der Waals surface area contributed by atoms with Gasteiger partial charge in [0.1, 0.15) is 5.69 Å². The fourth-order valence-electron chi connectivity index (χ4n) is 2.90. The molecule has 0 unspecified atom stereocenters. The molecule has 1 heterocycles. The van der Waals surface area contributed by atoms with Crippen molar-refractivity contribution in [1.29, 1.82) is 0 Å². The Balaban J connectivity index is 1.85. The van der Waals surface area contributed by atoms with Crippen molar-refractivity contribution in [2.24, 2.45) is 0 Å². The molecule has 0 bridgehead atoms. The number of aliphatic hydroxyl groups excluding tert-OH is 1. The van der Waals surface area contributed by atoms with Gasteiger partial charge in [0.15, 0.2) is 0 Å². The zero-order valence-electron chi connectivity index (χ0n) is 11.1. The van der Waals surface area contributed by atoms with Crippen molar-refractivity contribution < 1.29 is 9.90 Å². The average molecular weight is 337 g/mol. The van der Waals surface area contributed by atoms with Gasteiger partial charge in [-0.15, -0.1) is 0 Å². The standard InChI is InChI=1S/C15H17BrN2O2/c16-11-4-3-10-7-13(17-12(10)8-11)14(20)18-15(9-19)5-1-2-6-15/h3-4,7-8,17,19H,1-2,5-6,9H2,(H,18,20). The number of amides is 1. The number of benzene rings is 1. The van der Waals surface area contributed by atoms with Gasteiger partial charge < -0.3 is 15.4 Å². The Morgan fingerprint density at radius 3 is 2.80 bits per heavy atom. The predicted molar refractivity (Wildman–Crippen MR) is 81.7 cm³/mol. The molecule has 1 aliphatic rings. The Kier molecular flexibility index (Phi) is 3.56. The molecule has 0 saturated heterocycles. The molecule has 20 heavy (non-hydrogen) atoms. The van der Waals surface area contributed by atoms with Crippen LogP contribution in [0.5, 0.6) is 0 Å².